The normalized spacial score (nSPS) is 18.0. The molecule has 1 saturated heterocycles. The number of carbonyl (C=O) groups is 3. The Morgan fingerprint density at radius 1 is 1.38 bits per heavy atom. The number of amides is 2. The average molecular weight is 338 g/mol. The quantitative estimate of drug-likeness (QED) is 0.769. The van der Waals surface area contributed by atoms with Gasteiger partial charge in [0.1, 0.15) is 5.76 Å². The number of rotatable bonds is 5. The van der Waals surface area contributed by atoms with Gasteiger partial charge in [-0.2, -0.15) is 0 Å². The summed E-state index contributed by atoms with van der Waals surface area (Å²) in [4.78, 5) is 37.3. The highest BCUT2D eigenvalue weighted by molar-refractivity contribution is 6.05. The lowest BCUT2D eigenvalue weighted by molar-refractivity contribution is -0.173. The molecule has 1 unspecified atom stereocenters. The number of nitrogens with zero attached hydrogens (tertiary/aromatic N) is 1. The predicted molar refractivity (Wildman–Crippen MR) is 83.6 cm³/mol. The van der Waals surface area contributed by atoms with Crippen LogP contribution in [-0.2, 0) is 14.3 Å². The fraction of sp³-hybridized carbons (Fsp3) is 0.562. The number of likely N-dealkylation sites (tertiary alicyclic amines) is 1. The summed E-state index contributed by atoms with van der Waals surface area (Å²) in [5.41, 5.74) is -1.39. The number of piperidine rings is 1. The number of carboxylic acids is 1. The predicted octanol–water partition coefficient (Wildman–Crippen LogP) is 0.799. The van der Waals surface area contributed by atoms with Crippen molar-refractivity contribution in [3.8, 4) is 0 Å². The minimum Gasteiger partial charge on any atom is -0.479 e. The van der Waals surface area contributed by atoms with E-state index in [4.69, 9.17) is 9.15 Å². The first kappa shape index (κ1) is 18.0. The topological polar surface area (TPSA) is 109 Å². The number of methoxy groups -OCH3 is 1. The maximum atomic E-state index is 12.4. The molecule has 2 heterocycles. The zero-order chi connectivity index (χ0) is 17.9. The van der Waals surface area contributed by atoms with Crippen LogP contribution in [0, 0.1) is 6.92 Å². The van der Waals surface area contributed by atoms with Gasteiger partial charge in [-0.3, -0.25) is 9.59 Å². The molecule has 0 spiro atoms. The molecule has 2 rings (SSSR count). The fourth-order valence-corrected chi connectivity index (χ4v) is 2.68. The summed E-state index contributed by atoms with van der Waals surface area (Å²) in [6.45, 7) is 3.68. The minimum atomic E-state index is -1.88. The van der Waals surface area contributed by atoms with Gasteiger partial charge in [0.15, 0.2) is 0 Å². The highest BCUT2D eigenvalue weighted by Crippen LogP contribution is 2.19. The number of hydrogen-bond donors (Lipinski definition) is 2. The molecule has 1 aliphatic rings. The summed E-state index contributed by atoms with van der Waals surface area (Å²) in [6.07, 6.45) is 2.56. The van der Waals surface area contributed by atoms with Crippen molar-refractivity contribution in [3.05, 3.63) is 23.7 Å². The highest BCUT2D eigenvalue weighted by Gasteiger charge is 2.45. The van der Waals surface area contributed by atoms with Gasteiger partial charge < -0.3 is 24.5 Å². The molecular formula is C16H22N2O6. The fourth-order valence-electron chi connectivity index (χ4n) is 2.68. The van der Waals surface area contributed by atoms with E-state index in [1.807, 2.05) is 0 Å². The van der Waals surface area contributed by atoms with Crippen LogP contribution >= 0.6 is 0 Å². The second kappa shape index (κ2) is 7.04. The van der Waals surface area contributed by atoms with Crippen LogP contribution in [0.1, 0.15) is 35.9 Å². The van der Waals surface area contributed by atoms with Crippen LogP contribution in [-0.4, -0.2) is 59.6 Å². The summed E-state index contributed by atoms with van der Waals surface area (Å²) in [5, 5.41) is 12.1. The van der Waals surface area contributed by atoms with E-state index in [0.717, 1.165) is 0 Å². The largest absolute Gasteiger partial charge is 0.479 e. The van der Waals surface area contributed by atoms with Crippen LogP contribution in [0.25, 0.3) is 0 Å². The summed E-state index contributed by atoms with van der Waals surface area (Å²) in [5.74, 6) is -1.55. The number of furan rings is 1. The van der Waals surface area contributed by atoms with E-state index in [-0.39, 0.29) is 11.9 Å². The van der Waals surface area contributed by atoms with Crippen molar-refractivity contribution >= 4 is 17.8 Å². The van der Waals surface area contributed by atoms with E-state index >= 15 is 0 Å². The molecule has 0 saturated carbocycles. The van der Waals surface area contributed by atoms with Crippen molar-refractivity contribution in [2.24, 2.45) is 0 Å². The first-order valence-electron chi connectivity index (χ1n) is 7.72. The van der Waals surface area contributed by atoms with Crippen LogP contribution in [0.3, 0.4) is 0 Å². The maximum absolute atomic E-state index is 12.4. The number of carbonyl (C=O) groups excluding carboxylic acids is 2. The number of carboxylic acid groups (broad SMARTS) is 1. The van der Waals surface area contributed by atoms with Crippen LogP contribution in [0.5, 0.6) is 0 Å². The Morgan fingerprint density at radius 2 is 2.00 bits per heavy atom. The van der Waals surface area contributed by atoms with Gasteiger partial charge in [0, 0.05) is 26.2 Å². The van der Waals surface area contributed by atoms with Crippen LogP contribution in [0.2, 0.25) is 0 Å². The first-order valence-corrected chi connectivity index (χ1v) is 7.72. The Labute approximate surface area is 139 Å². The lowest BCUT2D eigenvalue weighted by Crippen LogP contribution is -2.56. The SMILES string of the molecule is COC(C)(C(=O)O)C(=O)N1CCC(NC(=O)c2ccoc2C)CC1. The molecule has 0 bridgehead atoms. The van der Waals surface area contributed by atoms with Gasteiger partial charge in [-0.15, -0.1) is 0 Å². The molecule has 1 aliphatic heterocycles. The van der Waals surface area contributed by atoms with Crippen molar-refractivity contribution in [1.29, 1.82) is 0 Å². The summed E-state index contributed by atoms with van der Waals surface area (Å²) in [6, 6.07) is 1.54. The molecule has 0 aliphatic carbocycles. The average Bonchev–Trinajstić information content (AvgIpc) is 3.00. The van der Waals surface area contributed by atoms with Gasteiger partial charge in [-0.1, -0.05) is 0 Å². The zero-order valence-electron chi connectivity index (χ0n) is 14.0. The molecule has 8 heteroatoms. The van der Waals surface area contributed by atoms with Crippen molar-refractivity contribution in [1.82, 2.24) is 10.2 Å². The van der Waals surface area contributed by atoms with Gasteiger partial charge >= 0.3 is 5.97 Å². The Morgan fingerprint density at radius 3 is 2.46 bits per heavy atom. The Bertz CT molecular complexity index is 632. The molecule has 1 aromatic heterocycles. The number of nitrogens with one attached hydrogen (secondary N) is 1. The third-order valence-electron chi connectivity index (χ3n) is 4.45. The summed E-state index contributed by atoms with van der Waals surface area (Å²) < 4.78 is 10.0. The maximum Gasteiger partial charge on any atom is 0.345 e. The first-order chi connectivity index (χ1) is 11.3. The molecular weight excluding hydrogens is 316 g/mol. The lowest BCUT2D eigenvalue weighted by Gasteiger charge is -2.36. The molecule has 1 fully saturated rings. The van der Waals surface area contributed by atoms with Gasteiger partial charge in [-0.05, 0) is 32.8 Å². The highest BCUT2D eigenvalue weighted by atomic mass is 16.5. The summed E-state index contributed by atoms with van der Waals surface area (Å²) in [7, 11) is 1.20. The van der Waals surface area contributed by atoms with Crippen LogP contribution in [0.15, 0.2) is 16.7 Å². The van der Waals surface area contributed by atoms with E-state index in [0.29, 0.717) is 37.3 Å². The molecule has 0 aromatic carbocycles. The summed E-state index contributed by atoms with van der Waals surface area (Å²) >= 11 is 0. The van der Waals surface area contributed by atoms with Crippen molar-refractivity contribution in [2.75, 3.05) is 20.2 Å². The molecule has 2 N–H and O–H groups in total. The van der Waals surface area contributed by atoms with Crippen LogP contribution in [0.4, 0.5) is 0 Å². The second-order valence-electron chi connectivity index (χ2n) is 5.97. The third-order valence-corrected chi connectivity index (χ3v) is 4.45. The molecule has 8 nitrogen and oxygen atoms in total. The molecule has 24 heavy (non-hydrogen) atoms. The lowest BCUT2D eigenvalue weighted by atomic mass is 10.00. The standard InChI is InChI=1S/C16H22N2O6/c1-10-12(6-9-24-10)13(19)17-11-4-7-18(8-5-11)14(20)16(2,23-3)15(21)22/h6,9,11H,4-5,7-8H2,1-3H3,(H,17,19)(H,21,22). The van der Waals surface area contributed by atoms with Gasteiger partial charge in [0.25, 0.3) is 11.8 Å². The van der Waals surface area contributed by atoms with Gasteiger partial charge in [0.05, 0.1) is 11.8 Å². The van der Waals surface area contributed by atoms with Crippen molar-refractivity contribution < 1.29 is 28.6 Å². The van der Waals surface area contributed by atoms with Crippen LogP contribution < -0.4 is 5.32 Å². The van der Waals surface area contributed by atoms with E-state index in [9.17, 15) is 19.5 Å². The van der Waals surface area contributed by atoms with Gasteiger partial charge in [-0.25, -0.2) is 4.79 Å². The third kappa shape index (κ3) is 3.43. The second-order valence-corrected chi connectivity index (χ2v) is 5.97. The monoisotopic (exact) mass is 338 g/mol. The number of ether oxygens (including phenoxy) is 1. The molecule has 0 radical (unpaired) electrons. The number of aliphatic carboxylic acids is 1. The Hall–Kier alpha value is -2.35. The molecule has 132 valence electrons. The molecule has 2 amide bonds. The number of hydrogen-bond acceptors (Lipinski definition) is 5. The van der Waals surface area contributed by atoms with E-state index in [1.165, 1.54) is 25.2 Å². The Balaban J connectivity index is 1.92. The van der Waals surface area contributed by atoms with E-state index in [2.05, 4.69) is 5.32 Å². The molecule has 1 aromatic rings. The minimum absolute atomic E-state index is 0.0746. The van der Waals surface area contributed by atoms with Gasteiger partial charge in [0.2, 0.25) is 5.60 Å². The van der Waals surface area contributed by atoms with Crippen molar-refractivity contribution in [2.45, 2.75) is 38.3 Å². The van der Waals surface area contributed by atoms with Crippen molar-refractivity contribution in [3.63, 3.8) is 0 Å². The number of aryl methyl sites for hydroxylation is 1. The van der Waals surface area contributed by atoms with E-state index in [1.54, 1.807) is 13.0 Å². The zero-order valence-corrected chi connectivity index (χ0v) is 14.0. The van der Waals surface area contributed by atoms with E-state index < -0.39 is 17.5 Å². The Kier molecular flexibility index (Phi) is 5.28. The molecule has 1 atom stereocenters. The smallest absolute Gasteiger partial charge is 0.345 e.